The Kier molecular flexibility index (Phi) is 7.67. The van der Waals surface area contributed by atoms with E-state index in [-0.39, 0.29) is 37.5 Å². The van der Waals surface area contributed by atoms with Gasteiger partial charge >= 0.3 is 0 Å². The lowest BCUT2D eigenvalue weighted by Crippen LogP contribution is -2.44. The number of hydrogen-bond acceptors (Lipinski definition) is 3. The summed E-state index contributed by atoms with van der Waals surface area (Å²) in [5.74, 6) is -0.728. The van der Waals surface area contributed by atoms with Crippen molar-refractivity contribution in [2.75, 3.05) is 19.8 Å². The Balaban J connectivity index is 2.68. The summed E-state index contributed by atoms with van der Waals surface area (Å²) in [6.07, 6.45) is 1.60. The Morgan fingerprint density at radius 1 is 1.43 bits per heavy atom. The first-order valence-corrected chi connectivity index (χ1v) is 7.80. The minimum Gasteiger partial charge on any atom is -0.481 e. The number of halogens is 2. The third-order valence-corrected chi connectivity index (χ3v) is 3.78. The van der Waals surface area contributed by atoms with Gasteiger partial charge in [-0.05, 0) is 31.0 Å². The van der Waals surface area contributed by atoms with Gasteiger partial charge in [0.05, 0.1) is 6.61 Å². The van der Waals surface area contributed by atoms with Crippen LogP contribution in [0.5, 0.6) is 5.75 Å². The van der Waals surface area contributed by atoms with Gasteiger partial charge in [-0.25, -0.2) is 4.39 Å². The Morgan fingerprint density at radius 2 is 2.10 bits per heavy atom. The number of hydrogen-bond donors (Lipinski definition) is 1. The smallest absolute Gasteiger partial charge is 0.260 e. The molecule has 118 valence electrons. The van der Waals surface area contributed by atoms with Crippen molar-refractivity contribution < 1.29 is 19.0 Å². The molecular weight excluding hydrogens is 341 g/mol. The van der Waals surface area contributed by atoms with Crippen LogP contribution in [0.1, 0.15) is 26.7 Å². The minimum absolute atomic E-state index is 0.0417. The molecule has 1 amide bonds. The monoisotopic (exact) mass is 361 g/mol. The Bertz CT molecular complexity index is 466. The van der Waals surface area contributed by atoms with E-state index in [9.17, 15) is 9.18 Å². The Labute approximate surface area is 133 Å². The molecule has 0 aliphatic carbocycles. The van der Waals surface area contributed by atoms with E-state index < -0.39 is 5.82 Å². The van der Waals surface area contributed by atoms with Gasteiger partial charge in [-0.3, -0.25) is 4.79 Å². The number of rotatable bonds is 8. The largest absolute Gasteiger partial charge is 0.481 e. The van der Waals surface area contributed by atoms with Crippen LogP contribution < -0.4 is 4.74 Å². The highest BCUT2D eigenvalue weighted by Crippen LogP contribution is 2.21. The van der Waals surface area contributed by atoms with E-state index >= 15 is 0 Å². The fourth-order valence-electron chi connectivity index (χ4n) is 2.16. The molecule has 21 heavy (non-hydrogen) atoms. The molecule has 0 atom stereocenters. The fraction of sp³-hybridized carbons (Fsp3) is 0.533. The second kappa shape index (κ2) is 9.00. The molecule has 0 radical (unpaired) electrons. The van der Waals surface area contributed by atoms with Crippen LogP contribution in [0, 0.1) is 5.82 Å². The van der Waals surface area contributed by atoms with Gasteiger partial charge in [-0.1, -0.05) is 29.8 Å². The van der Waals surface area contributed by atoms with Crippen molar-refractivity contribution in [2.24, 2.45) is 0 Å². The first kappa shape index (κ1) is 17.9. The van der Waals surface area contributed by atoms with E-state index in [0.29, 0.717) is 4.47 Å². The minimum atomic E-state index is -0.520. The second-order valence-corrected chi connectivity index (χ2v) is 5.56. The topological polar surface area (TPSA) is 49.8 Å². The van der Waals surface area contributed by atoms with Crippen molar-refractivity contribution in [1.82, 2.24) is 4.90 Å². The van der Waals surface area contributed by atoms with Crippen LogP contribution >= 0.6 is 15.9 Å². The van der Waals surface area contributed by atoms with Gasteiger partial charge in [0, 0.05) is 17.1 Å². The molecule has 0 aromatic heterocycles. The summed E-state index contributed by atoms with van der Waals surface area (Å²) in [5, 5.41) is 9.09. The summed E-state index contributed by atoms with van der Waals surface area (Å²) in [7, 11) is 0. The summed E-state index contributed by atoms with van der Waals surface area (Å²) in [6, 6.07) is 4.46. The molecule has 1 N–H and O–H groups in total. The average Bonchev–Trinajstić information content (AvgIpc) is 2.46. The van der Waals surface area contributed by atoms with Crippen LogP contribution in [-0.2, 0) is 4.79 Å². The molecule has 0 unspecified atom stereocenters. The molecule has 1 rings (SSSR count). The molecule has 1 aromatic carbocycles. The lowest BCUT2D eigenvalue weighted by molar-refractivity contribution is -0.136. The number of amides is 1. The van der Waals surface area contributed by atoms with Gasteiger partial charge in [-0.2, -0.15) is 0 Å². The number of carbonyl (C=O) groups is 1. The molecule has 0 aliphatic heterocycles. The van der Waals surface area contributed by atoms with Crippen molar-refractivity contribution in [3.8, 4) is 5.75 Å². The van der Waals surface area contributed by atoms with E-state index in [1.54, 1.807) is 11.0 Å². The highest BCUT2D eigenvalue weighted by atomic mass is 79.9. The van der Waals surface area contributed by atoms with Gasteiger partial charge in [0.25, 0.3) is 5.91 Å². The van der Waals surface area contributed by atoms with Gasteiger partial charge in [0.2, 0.25) is 0 Å². The highest BCUT2D eigenvalue weighted by molar-refractivity contribution is 9.10. The molecule has 0 saturated carbocycles. The molecule has 0 spiro atoms. The molecular formula is C15H21BrFNO3. The van der Waals surface area contributed by atoms with Gasteiger partial charge in [0.15, 0.2) is 18.2 Å². The van der Waals surface area contributed by atoms with Crippen molar-refractivity contribution in [1.29, 1.82) is 0 Å². The van der Waals surface area contributed by atoms with E-state index in [4.69, 9.17) is 9.84 Å². The van der Waals surface area contributed by atoms with Crippen LogP contribution in [0.25, 0.3) is 0 Å². The average molecular weight is 362 g/mol. The zero-order valence-electron chi connectivity index (χ0n) is 12.3. The van der Waals surface area contributed by atoms with Crippen molar-refractivity contribution in [2.45, 2.75) is 32.7 Å². The third-order valence-electron chi connectivity index (χ3n) is 3.29. The molecule has 0 fully saturated rings. The zero-order valence-corrected chi connectivity index (χ0v) is 13.9. The third kappa shape index (κ3) is 5.28. The standard InChI is InChI=1S/C15H21BrFNO3/c1-3-12(4-2)18(7-8-19)15(20)10-21-14-6-5-11(16)9-13(14)17/h5-6,9,12,19H,3-4,7-8,10H2,1-2H3. The van der Waals surface area contributed by atoms with Gasteiger partial charge in [0.1, 0.15) is 0 Å². The molecule has 4 nitrogen and oxygen atoms in total. The lowest BCUT2D eigenvalue weighted by Gasteiger charge is -2.30. The number of aliphatic hydroxyl groups is 1. The summed E-state index contributed by atoms with van der Waals surface area (Å²) in [5.41, 5.74) is 0. The van der Waals surface area contributed by atoms with Crippen LogP contribution in [0.15, 0.2) is 22.7 Å². The maximum atomic E-state index is 13.6. The molecule has 0 bridgehead atoms. The SMILES string of the molecule is CCC(CC)N(CCO)C(=O)COc1ccc(Br)cc1F. The normalized spacial score (nSPS) is 10.8. The maximum Gasteiger partial charge on any atom is 0.260 e. The quantitative estimate of drug-likeness (QED) is 0.774. The molecule has 1 aromatic rings. The first-order chi connectivity index (χ1) is 10.0. The summed E-state index contributed by atoms with van der Waals surface area (Å²) >= 11 is 3.16. The van der Waals surface area contributed by atoms with Crippen molar-refractivity contribution >= 4 is 21.8 Å². The summed E-state index contributed by atoms with van der Waals surface area (Å²) < 4.78 is 19.5. The number of aliphatic hydroxyl groups excluding tert-OH is 1. The van der Waals surface area contributed by atoms with E-state index in [1.165, 1.54) is 12.1 Å². The predicted octanol–water partition coefficient (Wildman–Crippen LogP) is 2.98. The summed E-state index contributed by atoms with van der Waals surface area (Å²) in [4.78, 5) is 13.8. The number of carbonyl (C=O) groups excluding carboxylic acids is 1. The van der Waals surface area contributed by atoms with E-state index in [2.05, 4.69) is 15.9 Å². The number of benzene rings is 1. The van der Waals surface area contributed by atoms with E-state index in [0.717, 1.165) is 12.8 Å². The Hall–Kier alpha value is -1.14. The predicted molar refractivity (Wildman–Crippen MR) is 82.8 cm³/mol. The van der Waals surface area contributed by atoms with Crippen LogP contribution in [0.3, 0.4) is 0 Å². The lowest BCUT2D eigenvalue weighted by atomic mass is 10.1. The fourth-order valence-corrected chi connectivity index (χ4v) is 2.50. The molecule has 0 aliphatic rings. The maximum absolute atomic E-state index is 13.6. The Morgan fingerprint density at radius 3 is 2.62 bits per heavy atom. The molecule has 0 heterocycles. The molecule has 6 heteroatoms. The van der Waals surface area contributed by atoms with Gasteiger partial charge in [-0.15, -0.1) is 0 Å². The highest BCUT2D eigenvalue weighted by Gasteiger charge is 2.21. The molecule has 0 saturated heterocycles. The zero-order chi connectivity index (χ0) is 15.8. The number of ether oxygens (including phenoxy) is 1. The van der Waals surface area contributed by atoms with E-state index in [1.807, 2.05) is 13.8 Å². The summed E-state index contributed by atoms with van der Waals surface area (Å²) in [6.45, 7) is 3.89. The first-order valence-electron chi connectivity index (χ1n) is 7.01. The van der Waals surface area contributed by atoms with Crippen LogP contribution in [-0.4, -0.2) is 41.7 Å². The van der Waals surface area contributed by atoms with Gasteiger partial charge < -0.3 is 14.7 Å². The van der Waals surface area contributed by atoms with Crippen molar-refractivity contribution in [3.63, 3.8) is 0 Å². The second-order valence-electron chi connectivity index (χ2n) is 4.64. The van der Waals surface area contributed by atoms with Crippen LogP contribution in [0.2, 0.25) is 0 Å². The van der Waals surface area contributed by atoms with Crippen molar-refractivity contribution in [3.05, 3.63) is 28.5 Å². The number of nitrogens with zero attached hydrogens (tertiary/aromatic N) is 1. The van der Waals surface area contributed by atoms with Crippen LogP contribution in [0.4, 0.5) is 4.39 Å².